The minimum absolute atomic E-state index is 0.0974. The molecule has 0 amide bonds. The highest BCUT2D eigenvalue weighted by atomic mass is 15.0. The van der Waals surface area contributed by atoms with Crippen LogP contribution in [0.1, 0.15) is 26.3 Å². The highest BCUT2D eigenvalue weighted by molar-refractivity contribution is 5.67. The van der Waals surface area contributed by atoms with Gasteiger partial charge in [0.1, 0.15) is 6.34 Å². The van der Waals surface area contributed by atoms with Crippen LogP contribution in [-0.4, -0.2) is 17.6 Å². The summed E-state index contributed by atoms with van der Waals surface area (Å²) < 4.78 is 2.15. The molecule has 0 bridgehead atoms. The van der Waals surface area contributed by atoms with E-state index >= 15 is 0 Å². The summed E-state index contributed by atoms with van der Waals surface area (Å²) in [4.78, 5) is 7.78. The molecule has 0 aliphatic carbocycles. The van der Waals surface area contributed by atoms with Crippen molar-refractivity contribution >= 4 is 18.7 Å². The predicted octanol–water partition coefficient (Wildman–Crippen LogP) is 2.91. The lowest BCUT2D eigenvalue weighted by atomic mass is 10.1. The molecule has 0 fully saturated rings. The highest BCUT2D eigenvalue weighted by Gasteiger charge is 2.13. The zero-order chi connectivity index (χ0) is 10.8. The number of nitrogens with zero attached hydrogens (tertiary/aromatic N) is 3. The highest BCUT2D eigenvalue weighted by Crippen LogP contribution is 2.24. The molecule has 1 heterocycles. The van der Waals surface area contributed by atoms with Crippen molar-refractivity contribution in [2.45, 2.75) is 33.2 Å². The quantitative estimate of drug-likeness (QED) is 0.508. The van der Waals surface area contributed by atoms with Gasteiger partial charge in [-0.3, -0.25) is 4.99 Å². The minimum Gasteiger partial charge on any atom is -0.347 e. The fourth-order valence-electron chi connectivity index (χ4n) is 1.17. The Labute approximate surface area is 85.2 Å². The lowest BCUT2D eigenvalue weighted by molar-refractivity contribution is 0.398. The average molecular weight is 191 g/mol. The van der Waals surface area contributed by atoms with Crippen LogP contribution in [0.5, 0.6) is 0 Å². The molecule has 3 heteroatoms. The average Bonchev–Trinajstić information content (AvgIpc) is 2.43. The first-order valence-corrected chi connectivity index (χ1v) is 4.62. The maximum absolute atomic E-state index is 4.18. The van der Waals surface area contributed by atoms with Crippen LogP contribution in [0.3, 0.4) is 0 Å². The van der Waals surface area contributed by atoms with Crippen LogP contribution in [0.25, 0.3) is 0 Å². The van der Waals surface area contributed by atoms with Gasteiger partial charge in [-0.05, 0) is 40.0 Å². The van der Waals surface area contributed by atoms with E-state index < -0.39 is 0 Å². The van der Waals surface area contributed by atoms with Crippen molar-refractivity contribution < 1.29 is 0 Å². The van der Waals surface area contributed by atoms with Crippen LogP contribution in [0.2, 0.25) is 0 Å². The van der Waals surface area contributed by atoms with E-state index in [0.29, 0.717) is 0 Å². The summed E-state index contributed by atoms with van der Waals surface area (Å²) >= 11 is 0. The second kappa shape index (κ2) is 3.78. The molecule has 1 aromatic rings. The van der Waals surface area contributed by atoms with Crippen LogP contribution in [0.15, 0.2) is 22.4 Å². The Morgan fingerprint density at radius 1 is 1.36 bits per heavy atom. The van der Waals surface area contributed by atoms with E-state index in [2.05, 4.69) is 48.2 Å². The Hall–Kier alpha value is -1.38. The Balaban J connectivity index is 3.05. The summed E-state index contributed by atoms with van der Waals surface area (Å²) in [6.45, 7) is 11.9. The van der Waals surface area contributed by atoms with Gasteiger partial charge in [-0.2, -0.15) is 0 Å². The van der Waals surface area contributed by atoms with Crippen molar-refractivity contribution in [3.05, 3.63) is 18.0 Å². The van der Waals surface area contributed by atoms with E-state index in [4.69, 9.17) is 0 Å². The standard InChI is InChI=1S/C11H17N3/c1-9-6-14(11(2,3)4)7-10(9)13-8-12-5/h6-8H,5H2,1-4H3. The van der Waals surface area contributed by atoms with Gasteiger partial charge in [0.25, 0.3) is 0 Å². The summed E-state index contributed by atoms with van der Waals surface area (Å²) in [5.74, 6) is 0. The van der Waals surface area contributed by atoms with Crippen molar-refractivity contribution in [1.29, 1.82) is 0 Å². The molecule has 3 nitrogen and oxygen atoms in total. The maximum atomic E-state index is 4.18. The molecule has 0 aromatic carbocycles. The van der Waals surface area contributed by atoms with Crippen molar-refractivity contribution in [2.24, 2.45) is 9.98 Å². The first-order chi connectivity index (χ1) is 6.45. The summed E-state index contributed by atoms with van der Waals surface area (Å²) in [7, 11) is 0. The smallest absolute Gasteiger partial charge is 0.115 e. The van der Waals surface area contributed by atoms with E-state index in [1.807, 2.05) is 13.1 Å². The second-order valence-corrected chi connectivity index (χ2v) is 4.33. The third kappa shape index (κ3) is 2.31. The number of hydrogen-bond acceptors (Lipinski definition) is 1. The number of aryl methyl sites for hydroxylation is 1. The Kier molecular flexibility index (Phi) is 2.89. The minimum atomic E-state index is 0.0974. The predicted molar refractivity (Wildman–Crippen MR) is 61.9 cm³/mol. The molecule has 0 N–H and O–H groups in total. The fraction of sp³-hybridized carbons (Fsp3) is 0.455. The van der Waals surface area contributed by atoms with Gasteiger partial charge >= 0.3 is 0 Å². The first-order valence-electron chi connectivity index (χ1n) is 4.62. The molecule has 0 radical (unpaired) electrons. The molecule has 1 rings (SSSR count). The molecular weight excluding hydrogens is 174 g/mol. The summed E-state index contributed by atoms with van der Waals surface area (Å²) in [5.41, 5.74) is 2.20. The summed E-state index contributed by atoms with van der Waals surface area (Å²) in [6.07, 6.45) is 5.59. The molecule has 0 saturated heterocycles. The van der Waals surface area contributed by atoms with E-state index in [1.54, 1.807) is 0 Å². The molecule has 0 spiro atoms. The van der Waals surface area contributed by atoms with Gasteiger partial charge < -0.3 is 4.57 Å². The molecule has 0 aliphatic rings. The van der Waals surface area contributed by atoms with E-state index in [-0.39, 0.29) is 5.54 Å². The first kappa shape index (κ1) is 10.7. The monoisotopic (exact) mass is 191 g/mol. The second-order valence-electron chi connectivity index (χ2n) is 4.33. The number of rotatable bonds is 2. The topological polar surface area (TPSA) is 29.6 Å². The van der Waals surface area contributed by atoms with Gasteiger partial charge in [0, 0.05) is 17.9 Å². The molecule has 0 unspecified atom stereocenters. The zero-order valence-corrected chi connectivity index (χ0v) is 9.28. The van der Waals surface area contributed by atoms with Gasteiger partial charge in [-0.1, -0.05) is 0 Å². The SMILES string of the molecule is C=NC=Nc1cn(C(C)(C)C)cc1C. The number of aromatic nitrogens is 1. The largest absolute Gasteiger partial charge is 0.347 e. The maximum Gasteiger partial charge on any atom is 0.115 e. The Bertz CT molecular complexity index is 353. The third-order valence-electron chi connectivity index (χ3n) is 2.05. The Morgan fingerprint density at radius 3 is 2.43 bits per heavy atom. The van der Waals surface area contributed by atoms with Crippen LogP contribution >= 0.6 is 0 Å². The molecule has 14 heavy (non-hydrogen) atoms. The number of aliphatic imine (C=N–C) groups is 2. The lowest BCUT2D eigenvalue weighted by Gasteiger charge is -2.20. The van der Waals surface area contributed by atoms with Gasteiger partial charge in [0.05, 0.1) is 5.69 Å². The molecule has 76 valence electrons. The van der Waals surface area contributed by atoms with Crippen LogP contribution < -0.4 is 0 Å². The molecule has 1 aromatic heterocycles. The molecular formula is C11H17N3. The Morgan fingerprint density at radius 2 is 2.00 bits per heavy atom. The zero-order valence-electron chi connectivity index (χ0n) is 9.28. The normalized spacial score (nSPS) is 12.3. The van der Waals surface area contributed by atoms with Crippen molar-refractivity contribution in [2.75, 3.05) is 0 Å². The molecule has 0 aliphatic heterocycles. The lowest BCUT2D eigenvalue weighted by Crippen LogP contribution is -2.19. The van der Waals surface area contributed by atoms with Gasteiger partial charge in [0.2, 0.25) is 0 Å². The van der Waals surface area contributed by atoms with Gasteiger partial charge in [-0.15, -0.1) is 0 Å². The summed E-state index contributed by atoms with van der Waals surface area (Å²) in [5, 5.41) is 0. The number of hydrogen-bond donors (Lipinski definition) is 0. The van der Waals surface area contributed by atoms with Crippen LogP contribution in [0, 0.1) is 6.92 Å². The van der Waals surface area contributed by atoms with Crippen LogP contribution in [-0.2, 0) is 5.54 Å². The summed E-state index contributed by atoms with van der Waals surface area (Å²) in [6, 6.07) is 0. The fourth-order valence-corrected chi connectivity index (χ4v) is 1.17. The van der Waals surface area contributed by atoms with Crippen molar-refractivity contribution in [1.82, 2.24) is 4.57 Å². The molecule has 0 saturated carbocycles. The third-order valence-corrected chi connectivity index (χ3v) is 2.05. The molecule has 0 atom stereocenters. The van der Waals surface area contributed by atoms with Crippen LogP contribution in [0.4, 0.5) is 5.69 Å². The van der Waals surface area contributed by atoms with Gasteiger partial charge in [0.15, 0.2) is 0 Å². The van der Waals surface area contributed by atoms with E-state index in [1.165, 1.54) is 6.34 Å². The van der Waals surface area contributed by atoms with E-state index in [9.17, 15) is 0 Å². The van der Waals surface area contributed by atoms with Crippen molar-refractivity contribution in [3.8, 4) is 0 Å². The van der Waals surface area contributed by atoms with E-state index in [0.717, 1.165) is 11.3 Å². The van der Waals surface area contributed by atoms with Crippen molar-refractivity contribution in [3.63, 3.8) is 0 Å². The van der Waals surface area contributed by atoms with Gasteiger partial charge in [-0.25, -0.2) is 4.99 Å².